The van der Waals surface area contributed by atoms with E-state index in [9.17, 15) is 22.8 Å². The van der Waals surface area contributed by atoms with Crippen LogP contribution in [0.2, 0.25) is 0 Å². The molecule has 5 aliphatic rings. The molecule has 6 rings (SSSR count). The number of imide groups is 1. The third kappa shape index (κ3) is 1.79. The number of halogens is 3. The van der Waals surface area contributed by atoms with E-state index >= 15 is 0 Å². The normalized spacial score (nSPS) is 43.7. The highest BCUT2D eigenvalue weighted by Crippen LogP contribution is 2.70. The molecule has 0 radical (unpaired) electrons. The van der Waals surface area contributed by atoms with Crippen LogP contribution in [-0.2, 0) is 15.8 Å². The van der Waals surface area contributed by atoms with Crippen molar-refractivity contribution in [2.45, 2.75) is 19.0 Å². The molecule has 6 heteroatoms. The summed E-state index contributed by atoms with van der Waals surface area (Å²) in [6, 6.07) is 4.92. The standard InChI is InChI=1S/C21H18F3NO2/c22-21(23,24)13-3-1-2-4-14(13)25-19(26)17-11-8-12(18(17)20(25)27)16-10-6-5-9(7-10)15(11)16/h1-6,9-12,15-18H,7-8H2. The zero-order valence-corrected chi connectivity index (χ0v) is 14.4. The first-order valence-corrected chi connectivity index (χ1v) is 9.60. The second-order valence-electron chi connectivity index (χ2n) is 8.74. The fraction of sp³-hybridized carbons (Fsp3) is 0.524. The van der Waals surface area contributed by atoms with Crippen LogP contribution in [0.25, 0.3) is 0 Å². The number of nitrogens with zero attached hydrogens (tertiary/aromatic N) is 1. The van der Waals surface area contributed by atoms with Gasteiger partial charge in [0.2, 0.25) is 11.8 Å². The number of para-hydroxylation sites is 1. The van der Waals surface area contributed by atoms with Crippen molar-refractivity contribution in [2.75, 3.05) is 4.90 Å². The minimum Gasteiger partial charge on any atom is -0.274 e. The third-order valence-electron chi connectivity index (χ3n) is 7.89. The predicted octanol–water partition coefficient (Wildman–Crippen LogP) is 3.90. The summed E-state index contributed by atoms with van der Waals surface area (Å²) in [5, 5.41) is 0. The Morgan fingerprint density at radius 2 is 1.41 bits per heavy atom. The maximum Gasteiger partial charge on any atom is 0.418 e. The topological polar surface area (TPSA) is 37.4 Å². The summed E-state index contributed by atoms with van der Waals surface area (Å²) < 4.78 is 40.4. The first-order chi connectivity index (χ1) is 12.9. The monoisotopic (exact) mass is 373 g/mol. The Balaban J connectivity index is 1.42. The summed E-state index contributed by atoms with van der Waals surface area (Å²) in [6.45, 7) is 0. The van der Waals surface area contributed by atoms with Crippen molar-refractivity contribution in [3.8, 4) is 0 Å². The molecule has 1 aromatic carbocycles. The first kappa shape index (κ1) is 15.9. The van der Waals surface area contributed by atoms with Crippen LogP contribution < -0.4 is 4.90 Å². The van der Waals surface area contributed by atoms with Gasteiger partial charge in [-0.3, -0.25) is 9.59 Å². The highest BCUT2D eigenvalue weighted by Gasteiger charge is 2.71. The summed E-state index contributed by atoms with van der Waals surface area (Å²) in [4.78, 5) is 27.2. The average molecular weight is 373 g/mol. The highest BCUT2D eigenvalue weighted by atomic mass is 19.4. The lowest BCUT2D eigenvalue weighted by Crippen LogP contribution is -2.38. The van der Waals surface area contributed by atoms with E-state index in [-0.39, 0.29) is 17.5 Å². The van der Waals surface area contributed by atoms with E-state index in [1.165, 1.54) is 18.2 Å². The van der Waals surface area contributed by atoms with E-state index in [0.29, 0.717) is 23.7 Å². The molecule has 8 unspecified atom stereocenters. The lowest BCUT2D eigenvalue weighted by Gasteiger charge is -2.36. The molecule has 1 aromatic rings. The maximum atomic E-state index is 13.5. The molecule has 0 aromatic heterocycles. The van der Waals surface area contributed by atoms with Crippen LogP contribution in [0, 0.1) is 47.3 Å². The summed E-state index contributed by atoms with van der Waals surface area (Å²) in [7, 11) is 0. The Hall–Kier alpha value is -2.11. The van der Waals surface area contributed by atoms with Gasteiger partial charge in [0.1, 0.15) is 0 Å². The Labute approximate surface area is 154 Å². The van der Waals surface area contributed by atoms with Crippen molar-refractivity contribution in [1.82, 2.24) is 0 Å². The number of hydrogen-bond donors (Lipinski definition) is 0. The number of alkyl halides is 3. The fourth-order valence-electron chi connectivity index (χ4n) is 7.26. The molecule has 1 aliphatic heterocycles. The highest BCUT2D eigenvalue weighted by molar-refractivity contribution is 6.23. The lowest BCUT2D eigenvalue weighted by atomic mass is 9.65. The first-order valence-electron chi connectivity index (χ1n) is 9.60. The van der Waals surface area contributed by atoms with Gasteiger partial charge in [-0.2, -0.15) is 13.2 Å². The smallest absolute Gasteiger partial charge is 0.274 e. The zero-order chi connectivity index (χ0) is 18.7. The van der Waals surface area contributed by atoms with Gasteiger partial charge in [-0.15, -0.1) is 0 Å². The number of anilines is 1. The van der Waals surface area contributed by atoms with Crippen LogP contribution in [0.3, 0.4) is 0 Å². The van der Waals surface area contributed by atoms with Crippen LogP contribution in [0.4, 0.5) is 18.9 Å². The van der Waals surface area contributed by atoms with Crippen molar-refractivity contribution in [2.24, 2.45) is 47.3 Å². The second kappa shape index (κ2) is 4.83. The van der Waals surface area contributed by atoms with Crippen LogP contribution in [0.1, 0.15) is 18.4 Å². The SMILES string of the molecule is O=C1C2C3CC(C2C(=O)N1c1ccccc1C(F)(F)F)C1C2C=CC(C2)C31. The molecule has 140 valence electrons. The van der Waals surface area contributed by atoms with Crippen LogP contribution in [0.5, 0.6) is 0 Å². The van der Waals surface area contributed by atoms with E-state index in [1.54, 1.807) is 0 Å². The molecular formula is C21H18F3NO2. The Kier molecular flexibility index (Phi) is 2.85. The number of allylic oxidation sites excluding steroid dienone is 2. The van der Waals surface area contributed by atoms with Gasteiger partial charge in [0.05, 0.1) is 23.1 Å². The zero-order valence-electron chi connectivity index (χ0n) is 14.4. The largest absolute Gasteiger partial charge is 0.418 e. The summed E-state index contributed by atoms with van der Waals surface area (Å²) >= 11 is 0. The molecule has 3 saturated carbocycles. The Bertz CT molecular complexity index is 865. The van der Waals surface area contributed by atoms with Crippen molar-refractivity contribution >= 4 is 17.5 Å². The molecule has 4 aliphatic carbocycles. The molecule has 3 nitrogen and oxygen atoms in total. The second-order valence-corrected chi connectivity index (χ2v) is 8.74. The van der Waals surface area contributed by atoms with E-state index in [0.717, 1.165) is 23.8 Å². The van der Waals surface area contributed by atoms with E-state index in [1.807, 2.05) is 0 Å². The maximum absolute atomic E-state index is 13.5. The van der Waals surface area contributed by atoms with Gasteiger partial charge in [-0.1, -0.05) is 24.3 Å². The van der Waals surface area contributed by atoms with Crippen LogP contribution in [0.15, 0.2) is 36.4 Å². The summed E-state index contributed by atoms with van der Waals surface area (Å²) in [5.41, 5.74) is -1.22. The number of amides is 2. The molecule has 0 N–H and O–H groups in total. The number of benzene rings is 1. The van der Waals surface area contributed by atoms with E-state index < -0.39 is 35.4 Å². The van der Waals surface area contributed by atoms with Gasteiger partial charge in [-0.05, 0) is 60.5 Å². The van der Waals surface area contributed by atoms with Crippen molar-refractivity contribution < 1.29 is 22.8 Å². The van der Waals surface area contributed by atoms with Gasteiger partial charge < -0.3 is 0 Å². The molecule has 8 atom stereocenters. The number of fused-ring (bicyclic) bond motifs is 12. The molecule has 2 amide bonds. The van der Waals surface area contributed by atoms with Crippen molar-refractivity contribution in [3.05, 3.63) is 42.0 Å². The third-order valence-corrected chi connectivity index (χ3v) is 7.89. The molecule has 27 heavy (non-hydrogen) atoms. The molecule has 4 bridgehead atoms. The van der Waals surface area contributed by atoms with Crippen LogP contribution in [-0.4, -0.2) is 11.8 Å². The minimum atomic E-state index is -4.60. The Morgan fingerprint density at radius 3 is 1.96 bits per heavy atom. The van der Waals surface area contributed by atoms with Crippen LogP contribution >= 0.6 is 0 Å². The van der Waals surface area contributed by atoms with Gasteiger partial charge in [-0.25, -0.2) is 4.90 Å². The molecule has 1 saturated heterocycles. The van der Waals surface area contributed by atoms with Gasteiger partial charge in [0, 0.05) is 0 Å². The molecule has 0 spiro atoms. The number of rotatable bonds is 1. The predicted molar refractivity (Wildman–Crippen MR) is 90.2 cm³/mol. The summed E-state index contributed by atoms with van der Waals surface area (Å²) in [6.07, 6.45) is 1.89. The summed E-state index contributed by atoms with van der Waals surface area (Å²) in [5.74, 6) is 0.413. The Morgan fingerprint density at radius 1 is 0.852 bits per heavy atom. The van der Waals surface area contributed by atoms with E-state index in [4.69, 9.17) is 0 Å². The van der Waals surface area contributed by atoms with Gasteiger partial charge >= 0.3 is 6.18 Å². The average Bonchev–Trinajstić information content (AvgIpc) is 3.39. The van der Waals surface area contributed by atoms with Crippen molar-refractivity contribution in [1.29, 1.82) is 0 Å². The van der Waals surface area contributed by atoms with Gasteiger partial charge in [0.25, 0.3) is 0 Å². The molecule has 1 heterocycles. The minimum absolute atomic E-state index is 0.143. The van der Waals surface area contributed by atoms with E-state index in [2.05, 4.69) is 12.2 Å². The quantitative estimate of drug-likeness (QED) is 0.425. The lowest BCUT2D eigenvalue weighted by molar-refractivity contribution is -0.137. The number of hydrogen-bond acceptors (Lipinski definition) is 2. The fourth-order valence-corrected chi connectivity index (χ4v) is 7.26. The van der Waals surface area contributed by atoms with Gasteiger partial charge in [0.15, 0.2) is 0 Å². The number of carbonyl (C=O) groups excluding carboxylic acids is 2. The molecule has 4 fully saturated rings. The number of carbonyl (C=O) groups is 2. The molecular weight excluding hydrogens is 355 g/mol. The van der Waals surface area contributed by atoms with Crippen molar-refractivity contribution in [3.63, 3.8) is 0 Å².